The summed E-state index contributed by atoms with van der Waals surface area (Å²) in [6.45, 7) is 0.159. The van der Waals surface area contributed by atoms with Gasteiger partial charge in [-0.2, -0.15) is 0 Å². The van der Waals surface area contributed by atoms with Crippen LogP contribution in [0.3, 0.4) is 0 Å². The van der Waals surface area contributed by atoms with Crippen LogP contribution in [0.1, 0.15) is 68.1 Å². The number of hydrogen-bond acceptors (Lipinski definition) is 26. The van der Waals surface area contributed by atoms with Crippen molar-refractivity contribution in [1.29, 1.82) is 0 Å². The molecule has 91 heavy (non-hydrogen) atoms. The summed E-state index contributed by atoms with van der Waals surface area (Å²) in [5.41, 5.74) is 1.27. The lowest BCUT2D eigenvalue weighted by Crippen LogP contribution is -2.60. The van der Waals surface area contributed by atoms with Crippen LogP contribution in [0.15, 0.2) is 66.9 Å². The van der Waals surface area contributed by atoms with E-state index in [-0.39, 0.29) is 122 Å². The minimum absolute atomic E-state index is 0.0211. The van der Waals surface area contributed by atoms with Crippen molar-refractivity contribution < 1.29 is 115 Å². The SMILES string of the molecule is COc1ccc2c(OS(=O)(=O)Oc3cc(C(=O)N(C)CCOCCn4cc(CCOCN5C(=O)CCC5=O)nn4)ccc3O[C@@H]3O[C@H](CO)[C@H](O)[C@H](O)[C@H]3O)cc3c(c2c1)[C@H](CCl)CN3C(=O)c1cc2cc(C(C)=O)c(O[C@@H]3O[C@H](CO)[C@H](O)[C@H](O)[C@H]3O)cc2[nH]1. The minimum atomic E-state index is -5.38. The van der Waals surface area contributed by atoms with Gasteiger partial charge >= 0.3 is 10.4 Å². The van der Waals surface area contributed by atoms with Crippen molar-refractivity contribution in [2.24, 2.45) is 0 Å². The van der Waals surface area contributed by atoms with E-state index >= 15 is 0 Å². The highest BCUT2D eigenvalue weighted by Crippen LogP contribution is 2.48. The standard InChI is InChI=1S/C58H66ClN7O24S/c1-28(69)35-16-30-17-38(60-37(30)20-41(35)86-58-54(77)52(75)50(73)45(26-68)88-58)56(79)65-23-31(22-59)48-36-19-33(82-3)5-6-34(36)42(21-39(48)65)89-91(80,81)90-43-18-29(4-7-40(43)85-57-53(76)51(74)49(72)44(25-67)87-57)55(78)63(2)11-14-83-15-12-64-24-32(61-62-64)10-13-84-27-66-46(70)8-9-47(66)71/h4-7,16-21,24,31,44-45,49-54,57-58,60,67-68,72-77H,8-15,22-23,25-27H2,1-3H3/t31-,44-,45-,49+,50+,51+,52+,53-,54-,57-,58-/m1/s1. The quantitative estimate of drug-likeness (QED) is 0.0145. The number of aliphatic hydroxyl groups excluding tert-OH is 8. The summed E-state index contributed by atoms with van der Waals surface area (Å²) in [4.78, 5) is 72.2. The van der Waals surface area contributed by atoms with Gasteiger partial charge in [-0.05, 0) is 66.4 Å². The number of rotatable bonds is 26. The number of carbonyl (C=O) groups excluding carboxylic acids is 5. The number of alkyl halides is 1. The van der Waals surface area contributed by atoms with Gasteiger partial charge in [0.2, 0.25) is 24.4 Å². The highest BCUT2D eigenvalue weighted by Gasteiger charge is 2.47. The number of H-pyrrole nitrogens is 1. The van der Waals surface area contributed by atoms with Gasteiger partial charge in [0.25, 0.3) is 11.8 Å². The normalized spacial score (nSPS) is 24.2. The van der Waals surface area contributed by atoms with Crippen molar-refractivity contribution in [2.45, 2.75) is 100 Å². The number of carbonyl (C=O) groups is 5. The van der Waals surface area contributed by atoms with Gasteiger partial charge in [-0.1, -0.05) is 5.21 Å². The first-order valence-electron chi connectivity index (χ1n) is 28.6. The first-order chi connectivity index (χ1) is 43.5. The Morgan fingerprint density at radius 3 is 2.09 bits per heavy atom. The number of likely N-dealkylation sites (tertiary alicyclic amines) is 1. The number of benzene rings is 4. The molecule has 490 valence electrons. The largest absolute Gasteiger partial charge is 0.501 e. The molecule has 3 saturated heterocycles. The van der Waals surface area contributed by atoms with Crippen molar-refractivity contribution in [1.82, 2.24) is 29.8 Å². The summed E-state index contributed by atoms with van der Waals surface area (Å²) in [5, 5.41) is 92.1. The number of anilines is 1. The van der Waals surface area contributed by atoms with Crippen molar-refractivity contribution in [2.75, 3.05) is 77.8 Å². The molecule has 4 aliphatic rings. The average Bonchev–Trinajstić information content (AvgIpc) is 1.64. The van der Waals surface area contributed by atoms with Crippen molar-refractivity contribution in [3.8, 4) is 28.7 Å². The van der Waals surface area contributed by atoms with Gasteiger partial charge in [-0.25, -0.2) is 4.68 Å². The van der Waals surface area contributed by atoms with Crippen LogP contribution in [0, 0.1) is 0 Å². The number of aromatic nitrogens is 4. The number of methoxy groups -OCH3 is 1. The number of aliphatic hydroxyl groups is 8. The second-order valence-electron chi connectivity index (χ2n) is 21.8. The maximum absolute atomic E-state index is 14.9. The maximum atomic E-state index is 14.9. The van der Waals surface area contributed by atoms with E-state index in [9.17, 15) is 73.2 Å². The molecule has 4 aliphatic heterocycles. The zero-order chi connectivity index (χ0) is 65.2. The van der Waals surface area contributed by atoms with Crippen molar-refractivity contribution in [3.05, 3.63) is 94.9 Å². The van der Waals surface area contributed by atoms with Crippen LogP contribution < -0.4 is 27.5 Å². The summed E-state index contributed by atoms with van der Waals surface area (Å²) >= 11 is 6.62. The van der Waals surface area contributed by atoms with Gasteiger partial charge in [-0.15, -0.1) is 25.1 Å². The molecule has 11 atom stereocenters. The molecule has 0 saturated carbocycles. The first-order valence-corrected chi connectivity index (χ1v) is 30.4. The molecule has 9 N–H and O–H groups in total. The highest BCUT2D eigenvalue weighted by molar-refractivity contribution is 7.82. The molecule has 33 heteroatoms. The molecule has 2 aromatic heterocycles. The van der Waals surface area contributed by atoms with Crippen LogP contribution in [0.4, 0.5) is 5.69 Å². The fourth-order valence-corrected chi connectivity index (χ4v) is 11.8. The van der Waals surface area contributed by atoms with E-state index < -0.39 is 120 Å². The van der Waals surface area contributed by atoms with Gasteiger partial charge in [0.1, 0.15) is 72.8 Å². The summed E-state index contributed by atoms with van der Waals surface area (Å²) in [5.74, 6) is -4.41. The minimum Gasteiger partial charge on any atom is -0.497 e. The zero-order valence-corrected chi connectivity index (χ0v) is 50.5. The molecule has 10 rings (SSSR count). The lowest BCUT2D eigenvalue weighted by atomic mass is 9.95. The smallest absolute Gasteiger partial charge is 0.497 e. The second kappa shape index (κ2) is 28.1. The number of aromatic amines is 1. The lowest BCUT2D eigenvalue weighted by molar-refractivity contribution is -0.277. The third-order valence-electron chi connectivity index (χ3n) is 15.8. The highest BCUT2D eigenvalue weighted by atomic mass is 35.5. The van der Waals surface area contributed by atoms with E-state index in [2.05, 4.69) is 15.3 Å². The number of nitrogens with zero attached hydrogens (tertiary/aromatic N) is 6. The number of amides is 4. The summed E-state index contributed by atoms with van der Waals surface area (Å²) in [6, 6.07) is 13.5. The van der Waals surface area contributed by atoms with Crippen LogP contribution >= 0.6 is 11.6 Å². The molecule has 4 aromatic carbocycles. The van der Waals surface area contributed by atoms with E-state index in [0.717, 1.165) is 17.0 Å². The van der Waals surface area contributed by atoms with Crippen LogP contribution in [0.2, 0.25) is 0 Å². The van der Waals surface area contributed by atoms with Gasteiger partial charge < -0.3 is 97.2 Å². The fraction of sp³-hybridized carbons (Fsp3) is 0.466. The van der Waals surface area contributed by atoms with E-state index in [1.165, 1.54) is 78.0 Å². The van der Waals surface area contributed by atoms with Gasteiger partial charge in [-0.3, -0.25) is 28.9 Å². The first kappa shape index (κ1) is 66.3. The van der Waals surface area contributed by atoms with Gasteiger partial charge in [0, 0.05) is 91.4 Å². The molecule has 0 aliphatic carbocycles. The molecule has 6 aromatic rings. The Bertz CT molecular complexity index is 3790. The van der Waals surface area contributed by atoms with E-state index in [4.69, 9.17) is 53.1 Å². The maximum Gasteiger partial charge on any atom is 0.501 e. The number of ketones is 1. The number of ether oxygens (including phenoxy) is 7. The fourth-order valence-electron chi connectivity index (χ4n) is 10.8. The Kier molecular flexibility index (Phi) is 20.4. The molecule has 6 heterocycles. The third-order valence-corrected chi connectivity index (χ3v) is 16.9. The topological polar surface area (TPSA) is 421 Å². The molecule has 0 unspecified atom stereocenters. The van der Waals surface area contributed by atoms with Crippen molar-refractivity contribution >= 4 is 78.8 Å². The number of nitrogens with one attached hydrogen (secondary N) is 1. The molecule has 0 spiro atoms. The molecule has 0 radical (unpaired) electrons. The summed E-state index contributed by atoms with van der Waals surface area (Å²) in [6.07, 6.45) is -14.9. The van der Waals surface area contributed by atoms with Crippen molar-refractivity contribution in [3.63, 3.8) is 0 Å². The lowest BCUT2D eigenvalue weighted by Gasteiger charge is -2.39. The number of fused-ring (bicyclic) bond motifs is 4. The molecule has 0 bridgehead atoms. The van der Waals surface area contributed by atoms with Crippen LogP contribution in [0.25, 0.3) is 21.7 Å². The Labute approximate surface area is 522 Å². The van der Waals surface area contributed by atoms with E-state index in [1.807, 2.05) is 0 Å². The summed E-state index contributed by atoms with van der Waals surface area (Å²) in [7, 11) is -2.52. The van der Waals surface area contributed by atoms with Crippen LogP contribution in [0.5, 0.6) is 28.7 Å². The number of halogens is 1. The average molecular weight is 1310 g/mol. The zero-order valence-electron chi connectivity index (χ0n) is 49.0. The monoisotopic (exact) mass is 1310 g/mol. The molecular formula is C58H66ClN7O24S. The van der Waals surface area contributed by atoms with Crippen LogP contribution in [-0.2, 0) is 51.9 Å². The Balaban J connectivity index is 0.881. The second-order valence-corrected chi connectivity index (χ2v) is 23.3. The Morgan fingerprint density at radius 2 is 1.44 bits per heavy atom. The molecular weight excluding hydrogens is 1250 g/mol. The number of imide groups is 1. The van der Waals surface area contributed by atoms with E-state index in [1.54, 1.807) is 12.3 Å². The Morgan fingerprint density at radius 1 is 0.769 bits per heavy atom. The predicted octanol–water partition coefficient (Wildman–Crippen LogP) is -0.379. The predicted molar refractivity (Wildman–Crippen MR) is 313 cm³/mol. The summed E-state index contributed by atoms with van der Waals surface area (Å²) < 4.78 is 81.5. The van der Waals surface area contributed by atoms with Gasteiger partial charge in [0.15, 0.2) is 23.0 Å². The molecule has 31 nitrogen and oxygen atoms in total. The third kappa shape index (κ3) is 14.2. The number of hydrogen-bond donors (Lipinski definition) is 9. The van der Waals surface area contributed by atoms with Gasteiger partial charge in [0.05, 0.1) is 63.6 Å². The van der Waals surface area contributed by atoms with E-state index in [0.29, 0.717) is 34.2 Å². The number of likely N-dealkylation sites (N-methyl/N-ethyl adjacent to an activating group) is 1. The molecule has 3 fully saturated rings. The number of Topliss-reactive ketones (excluding diaryl/α,β-unsaturated/α-hetero) is 1. The van der Waals surface area contributed by atoms with Crippen LogP contribution in [-0.4, -0.2) is 243 Å². The molecule has 4 amide bonds. The Hall–Kier alpha value is -7.67.